The highest BCUT2D eigenvalue weighted by atomic mass is 32.3. The molecule has 0 aliphatic carbocycles. The number of hydrogen-bond acceptors (Lipinski definition) is 6. The van der Waals surface area contributed by atoms with Crippen LogP contribution in [0.4, 0.5) is 14.5 Å². The molecule has 1 N–H and O–H groups in total. The highest BCUT2D eigenvalue weighted by Crippen LogP contribution is 2.22. The summed E-state index contributed by atoms with van der Waals surface area (Å²) in [5.74, 6) is -1.79. The first-order valence-corrected chi connectivity index (χ1v) is 4.95. The molecule has 6 nitrogen and oxygen atoms in total. The van der Waals surface area contributed by atoms with E-state index in [1.54, 1.807) is 5.59 Å². The largest absolute Gasteiger partial charge is 0.440 e. The molecule has 1 aromatic carbocycles. The Kier molecular flexibility index (Phi) is 2.31. The van der Waals surface area contributed by atoms with Gasteiger partial charge in [-0.3, -0.25) is 0 Å². The van der Waals surface area contributed by atoms with Crippen LogP contribution in [0.25, 0.3) is 0 Å². The molecule has 0 atom stereocenters. The quantitative estimate of drug-likeness (QED) is 0.763. The third kappa shape index (κ3) is 2.04. The van der Waals surface area contributed by atoms with Crippen LogP contribution in [-0.4, -0.2) is 8.42 Å². The fraction of sp³-hybridized carbons (Fsp3) is 0. The summed E-state index contributed by atoms with van der Waals surface area (Å²) in [5, 5.41) is 0.421. The Morgan fingerprint density at radius 3 is 2.60 bits per heavy atom. The lowest BCUT2D eigenvalue weighted by Crippen LogP contribution is -2.29. The minimum Gasteiger partial charge on any atom is -0.207 e. The number of hydrazine groups is 1. The summed E-state index contributed by atoms with van der Waals surface area (Å²) in [6.07, 6.45) is 0. The Balaban J connectivity index is 2.32. The molecule has 2 rings (SSSR count). The van der Waals surface area contributed by atoms with Gasteiger partial charge in [0.25, 0.3) is 0 Å². The molecule has 82 valence electrons. The fourth-order valence-electron chi connectivity index (χ4n) is 0.937. The van der Waals surface area contributed by atoms with Crippen LogP contribution in [0.3, 0.4) is 0 Å². The molecular formula is C6H4F2N2O4S. The van der Waals surface area contributed by atoms with Gasteiger partial charge in [0.15, 0.2) is 5.82 Å². The fourth-order valence-corrected chi connectivity index (χ4v) is 1.42. The standard InChI is InChI=1S/C6H4F2N2O4S/c7-4-1-2-6(5(8)3-4)10-9-13-15(11,12)14-10/h1-3,9H. The molecule has 1 aliphatic rings. The SMILES string of the molecule is O=S1(=O)ONN(c2ccc(F)cc2F)O1. The van der Waals surface area contributed by atoms with E-state index in [9.17, 15) is 17.2 Å². The maximum Gasteiger partial charge on any atom is 0.440 e. The molecule has 15 heavy (non-hydrogen) atoms. The number of anilines is 1. The van der Waals surface area contributed by atoms with Crippen molar-refractivity contribution in [2.24, 2.45) is 0 Å². The summed E-state index contributed by atoms with van der Waals surface area (Å²) in [6.45, 7) is 0. The molecule has 0 radical (unpaired) electrons. The van der Waals surface area contributed by atoms with E-state index < -0.39 is 22.0 Å². The molecule has 1 saturated heterocycles. The minimum atomic E-state index is -4.22. The van der Waals surface area contributed by atoms with Crippen LogP contribution in [0.1, 0.15) is 0 Å². The Labute approximate surface area is 83.2 Å². The summed E-state index contributed by atoms with van der Waals surface area (Å²) in [6, 6.07) is 2.50. The van der Waals surface area contributed by atoms with Gasteiger partial charge in [0.05, 0.1) is 0 Å². The highest BCUT2D eigenvalue weighted by Gasteiger charge is 2.30. The van der Waals surface area contributed by atoms with E-state index in [2.05, 4.69) is 8.57 Å². The second-order valence-corrected chi connectivity index (χ2v) is 3.68. The van der Waals surface area contributed by atoms with E-state index in [4.69, 9.17) is 0 Å². The number of halogens is 2. The van der Waals surface area contributed by atoms with Crippen molar-refractivity contribution >= 4 is 16.1 Å². The van der Waals surface area contributed by atoms with Gasteiger partial charge in [-0.05, 0) is 12.1 Å². The zero-order valence-electron chi connectivity index (χ0n) is 6.98. The molecule has 0 aromatic heterocycles. The second kappa shape index (κ2) is 3.38. The molecule has 0 spiro atoms. The van der Waals surface area contributed by atoms with Gasteiger partial charge < -0.3 is 0 Å². The van der Waals surface area contributed by atoms with Gasteiger partial charge in [0.2, 0.25) is 0 Å². The van der Waals surface area contributed by atoms with E-state index in [0.29, 0.717) is 11.2 Å². The van der Waals surface area contributed by atoms with Crippen molar-refractivity contribution in [1.82, 2.24) is 5.59 Å². The molecule has 1 fully saturated rings. The predicted octanol–water partition coefficient (Wildman–Crippen LogP) is 0.397. The third-order valence-electron chi connectivity index (χ3n) is 1.52. The van der Waals surface area contributed by atoms with Crippen molar-refractivity contribution in [3.05, 3.63) is 29.8 Å². The normalized spacial score (nSPS) is 19.5. The number of benzene rings is 1. The van der Waals surface area contributed by atoms with Crippen LogP contribution in [0.15, 0.2) is 18.2 Å². The lowest BCUT2D eigenvalue weighted by Gasteiger charge is -2.11. The molecule has 0 amide bonds. The highest BCUT2D eigenvalue weighted by molar-refractivity contribution is 7.82. The summed E-state index contributed by atoms with van der Waals surface area (Å²) >= 11 is 0. The van der Waals surface area contributed by atoms with Gasteiger partial charge in [0, 0.05) is 6.07 Å². The van der Waals surface area contributed by atoms with Gasteiger partial charge in [-0.2, -0.15) is 8.42 Å². The number of hydrogen-bond donors (Lipinski definition) is 1. The van der Waals surface area contributed by atoms with Crippen molar-refractivity contribution in [1.29, 1.82) is 0 Å². The first-order chi connectivity index (χ1) is 6.98. The van der Waals surface area contributed by atoms with Crippen molar-refractivity contribution in [3.63, 3.8) is 0 Å². The minimum absolute atomic E-state index is 0.322. The first-order valence-electron chi connectivity index (χ1n) is 3.62. The van der Waals surface area contributed by atoms with E-state index in [-0.39, 0.29) is 5.69 Å². The molecule has 0 bridgehead atoms. The molecule has 0 saturated carbocycles. The van der Waals surface area contributed by atoms with Gasteiger partial charge >= 0.3 is 10.4 Å². The summed E-state index contributed by atoms with van der Waals surface area (Å²) < 4.78 is 55.0. The van der Waals surface area contributed by atoms with E-state index >= 15 is 0 Å². The van der Waals surface area contributed by atoms with Crippen molar-refractivity contribution < 1.29 is 25.8 Å². The number of nitrogens with zero attached hydrogens (tertiary/aromatic N) is 1. The predicted molar refractivity (Wildman–Crippen MR) is 43.1 cm³/mol. The van der Waals surface area contributed by atoms with Crippen LogP contribution < -0.4 is 10.8 Å². The average Bonchev–Trinajstić information content (AvgIpc) is 2.46. The second-order valence-electron chi connectivity index (χ2n) is 2.55. The third-order valence-corrected chi connectivity index (χ3v) is 2.13. The van der Waals surface area contributed by atoms with Crippen molar-refractivity contribution in [3.8, 4) is 0 Å². The van der Waals surface area contributed by atoms with Crippen LogP contribution in [0, 0.1) is 11.6 Å². The lowest BCUT2D eigenvalue weighted by molar-refractivity contribution is 0.196. The molecular weight excluding hydrogens is 234 g/mol. The Morgan fingerprint density at radius 2 is 2.07 bits per heavy atom. The monoisotopic (exact) mass is 238 g/mol. The molecule has 1 heterocycles. The Morgan fingerprint density at radius 1 is 1.33 bits per heavy atom. The maximum absolute atomic E-state index is 13.1. The molecule has 1 aromatic rings. The molecule has 0 unspecified atom stereocenters. The van der Waals surface area contributed by atoms with Crippen LogP contribution in [0.5, 0.6) is 0 Å². The maximum atomic E-state index is 13.1. The van der Waals surface area contributed by atoms with E-state index in [0.717, 1.165) is 12.1 Å². The van der Waals surface area contributed by atoms with Crippen LogP contribution >= 0.6 is 0 Å². The summed E-state index contributed by atoms with van der Waals surface area (Å²) in [7, 11) is -4.22. The zero-order chi connectivity index (χ0) is 11.1. The lowest BCUT2D eigenvalue weighted by atomic mass is 10.3. The van der Waals surface area contributed by atoms with Gasteiger partial charge in [0.1, 0.15) is 11.5 Å². The number of rotatable bonds is 1. The van der Waals surface area contributed by atoms with E-state index in [1.807, 2.05) is 0 Å². The molecule has 1 aliphatic heterocycles. The van der Waals surface area contributed by atoms with Crippen molar-refractivity contribution in [2.75, 3.05) is 5.17 Å². The zero-order valence-corrected chi connectivity index (χ0v) is 7.79. The molecule has 9 heteroatoms. The van der Waals surface area contributed by atoms with Gasteiger partial charge in [-0.25, -0.2) is 8.78 Å². The van der Waals surface area contributed by atoms with Crippen molar-refractivity contribution in [2.45, 2.75) is 0 Å². The Bertz CT molecular complexity index is 492. The van der Waals surface area contributed by atoms with Gasteiger partial charge in [-0.15, -0.1) is 13.7 Å². The summed E-state index contributed by atoms with van der Waals surface area (Å²) in [4.78, 5) is 0. The van der Waals surface area contributed by atoms with E-state index in [1.165, 1.54) is 0 Å². The van der Waals surface area contributed by atoms with Crippen LogP contribution in [-0.2, 0) is 19.0 Å². The number of nitrogens with one attached hydrogen (secondary N) is 1. The summed E-state index contributed by atoms with van der Waals surface area (Å²) in [5.41, 5.74) is 1.46. The average molecular weight is 238 g/mol. The topological polar surface area (TPSA) is 67.9 Å². The smallest absolute Gasteiger partial charge is 0.207 e. The Hall–Kier alpha value is -1.29. The first kappa shape index (κ1) is 10.2. The van der Waals surface area contributed by atoms with Crippen LogP contribution in [0.2, 0.25) is 0 Å². The van der Waals surface area contributed by atoms with Gasteiger partial charge in [-0.1, -0.05) is 5.59 Å².